The number of likely N-dealkylation sites (tertiary alicyclic amines) is 1. The van der Waals surface area contributed by atoms with Crippen LogP contribution in [0, 0.1) is 18.7 Å². The fourth-order valence-corrected chi connectivity index (χ4v) is 3.70. The van der Waals surface area contributed by atoms with Crippen LogP contribution in [0.15, 0.2) is 60.9 Å². The molecule has 1 saturated heterocycles. The van der Waals surface area contributed by atoms with Crippen molar-refractivity contribution in [3.63, 3.8) is 0 Å². The second-order valence-electron chi connectivity index (χ2n) is 7.71. The lowest BCUT2D eigenvalue weighted by molar-refractivity contribution is -0.121. The van der Waals surface area contributed by atoms with Crippen LogP contribution >= 0.6 is 0 Å². The second-order valence-corrected chi connectivity index (χ2v) is 7.71. The maximum absolute atomic E-state index is 13.4. The molecule has 4 rings (SSSR count). The van der Waals surface area contributed by atoms with Gasteiger partial charge in [0.2, 0.25) is 5.91 Å². The SMILES string of the molecule is Cc1cnc(C(=O)N2CCCC(C(=O)Nc3ccc(-c4cccc(F)c4)cc3)C2)cn1. The molecule has 158 valence electrons. The zero-order valence-electron chi connectivity index (χ0n) is 17.2. The van der Waals surface area contributed by atoms with Gasteiger partial charge in [0.15, 0.2) is 0 Å². The van der Waals surface area contributed by atoms with Gasteiger partial charge in [-0.05, 0) is 55.2 Å². The summed E-state index contributed by atoms with van der Waals surface area (Å²) in [4.78, 5) is 35.4. The van der Waals surface area contributed by atoms with Crippen molar-refractivity contribution >= 4 is 17.5 Å². The predicted molar refractivity (Wildman–Crippen MR) is 116 cm³/mol. The van der Waals surface area contributed by atoms with Crippen LogP contribution in [0.3, 0.4) is 0 Å². The number of rotatable bonds is 4. The predicted octanol–water partition coefficient (Wildman–Crippen LogP) is 4.08. The van der Waals surface area contributed by atoms with Gasteiger partial charge in [-0.2, -0.15) is 0 Å². The third-order valence-electron chi connectivity index (χ3n) is 5.39. The fraction of sp³-hybridized carbons (Fsp3) is 0.250. The first-order chi connectivity index (χ1) is 15.0. The number of benzene rings is 2. The zero-order chi connectivity index (χ0) is 21.8. The molecular weight excluding hydrogens is 395 g/mol. The summed E-state index contributed by atoms with van der Waals surface area (Å²) in [7, 11) is 0. The van der Waals surface area contributed by atoms with Crippen molar-refractivity contribution in [1.29, 1.82) is 0 Å². The Bertz CT molecular complexity index is 1080. The molecule has 2 amide bonds. The number of nitrogens with one attached hydrogen (secondary N) is 1. The average molecular weight is 418 g/mol. The fourth-order valence-electron chi connectivity index (χ4n) is 3.70. The summed E-state index contributed by atoms with van der Waals surface area (Å²) in [6.07, 6.45) is 4.51. The van der Waals surface area contributed by atoms with E-state index < -0.39 is 0 Å². The first-order valence-electron chi connectivity index (χ1n) is 10.2. The van der Waals surface area contributed by atoms with E-state index in [0.717, 1.165) is 29.7 Å². The zero-order valence-corrected chi connectivity index (χ0v) is 17.2. The van der Waals surface area contributed by atoms with Gasteiger partial charge in [-0.15, -0.1) is 0 Å². The molecular formula is C24H23FN4O2. The molecule has 2 heterocycles. The third-order valence-corrected chi connectivity index (χ3v) is 5.39. The Labute approximate surface area is 180 Å². The van der Waals surface area contributed by atoms with Gasteiger partial charge in [-0.25, -0.2) is 9.37 Å². The number of carbonyl (C=O) groups is 2. The Morgan fingerprint density at radius 2 is 1.87 bits per heavy atom. The number of amides is 2. The number of anilines is 1. The van der Waals surface area contributed by atoms with Crippen molar-refractivity contribution in [2.75, 3.05) is 18.4 Å². The highest BCUT2D eigenvalue weighted by atomic mass is 19.1. The van der Waals surface area contributed by atoms with Crippen molar-refractivity contribution in [2.45, 2.75) is 19.8 Å². The minimum Gasteiger partial charge on any atom is -0.336 e. The van der Waals surface area contributed by atoms with Crippen LogP contribution in [0.1, 0.15) is 29.0 Å². The normalized spacial score (nSPS) is 16.1. The van der Waals surface area contributed by atoms with Crippen LogP contribution < -0.4 is 5.32 Å². The number of aryl methyl sites for hydroxylation is 1. The Morgan fingerprint density at radius 1 is 1.06 bits per heavy atom. The van der Waals surface area contributed by atoms with Crippen LogP contribution in [-0.2, 0) is 4.79 Å². The van der Waals surface area contributed by atoms with Gasteiger partial charge < -0.3 is 10.2 Å². The molecule has 1 aliphatic rings. The first kappa shape index (κ1) is 20.7. The third kappa shape index (κ3) is 4.94. The molecule has 0 spiro atoms. The van der Waals surface area contributed by atoms with E-state index in [4.69, 9.17) is 0 Å². The number of nitrogens with zero attached hydrogens (tertiary/aromatic N) is 3. The van der Waals surface area contributed by atoms with E-state index in [2.05, 4.69) is 15.3 Å². The van der Waals surface area contributed by atoms with E-state index in [-0.39, 0.29) is 23.5 Å². The number of piperidine rings is 1. The monoisotopic (exact) mass is 418 g/mol. The molecule has 1 fully saturated rings. The van der Waals surface area contributed by atoms with Crippen LogP contribution in [0.25, 0.3) is 11.1 Å². The van der Waals surface area contributed by atoms with Gasteiger partial charge in [0.25, 0.3) is 5.91 Å². The Balaban J connectivity index is 1.39. The topological polar surface area (TPSA) is 75.2 Å². The van der Waals surface area contributed by atoms with Crippen molar-refractivity contribution < 1.29 is 14.0 Å². The molecule has 0 saturated carbocycles. The minimum absolute atomic E-state index is 0.119. The van der Waals surface area contributed by atoms with E-state index >= 15 is 0 Å². The standard InChI is InChI=1S/C24H23FN4O2/c1-16-13-27-22(14-26-16)24(31)29-11-3-5-19(15-29)23(30)28-21-9-7-17(8-10-21)18-4-2-6-20(25)12-18/h2,4,6-10,12-14,19H,3,5,11,15H2,1H3,(H,28,30). The van der Waals surface area contributed by atoms with Crippen LogP contribution in [0.5, 0.6) is 0 Å². The van der Waals surface area contributed by atoms with E-state index in [9.17, 15) is 14.0 Å². The second kappa shape index (κ2) is 9.04. The maximum Gasteiger partial charge on any atom is 0.274 e. The van der Waals surface area contributed by atoms with Gasteiger partial charge in [0.1, 0.15) is 11.5 Å². The summed E-state index contributed by atoms with van der Waals surface area (Å²) in [6.45, 7) is 2.76. The van der Waals surface area contributed by atoms with E-state index in [1.54, 1.807) is 29.3 Å². The molecule has 6 nitrogen and oxygen atoms in total. The van der Waals surface area contributed by atoms with Gasteiger partial charge in [0.05, 0.1) is 17.8 Å². The van der Waals surface area contributed by atoms with Gasteiger partial charge in [-0.3, -0.25) is 14.6 Å². The maximum atomic E-state index is 13.4. The molecule has 0 aliphatic carbocycles. The minimum atomic E-state index is -0.293. The number of halogens is 1. The molecule has 1 aromatic heterocycles. The van der Waals surface area contributed by atoms with Gasteiger partial charge >= 0.3 is 0 Å². The molecule has 2 aromatic carbocycles. The lowest BCUT2D eigenvalue weighted by Crippen LogP contribution is -2.44. The van der Waals surface area contributed by atoms with E-state index in [0.29, 0.717) is 24.5 Å². The number of carbonyl (C=O) groups excluding carboxylic acids is 2. The summed E-state index contributed by atoms with van der Waals surface area (Å²) in [5, 5.41) is 2.93. The lowest BCUT2D eigenvalue weighted by atomic mass is 9.96. The molecule has 1 N–H and O–H groups in total. The number of hydrogen-bond acceptors (Lipinski definition) is 4. The lowest BCUT2D eigenvalue weighted by Gasteiger charge is -2.31. The van der Waals surface area contributed by atoms with Crippen molar-refractivity contribution in [3.05, 3.63) is 78.1 Å². The molecule has 1 unspecified atom stereocenters. The van der Waals surface area contributed by atoms with Gasteiger partial charge in [0, 0.05) is 25.0 Å². The van der Waals surface area contributed by atoms with Crippen LogP contribution in [-0.4, -0.2) is 39.8 Å². The van der Waals surface area contributed by atoms with E-state index in [1.807, 2.05) is 25.1 Å². The Morgan fingerprint density at radius 3 is 2.58 bits per heavy atom. The molecule has 3 aromatic rings. The molecule has 31 heavy (non-hydrogen) atoms. The van der Waals surface area contributed by atoms with Crippen molar-refractivity contribution in [2.24, 2.45) is 5.92 Å². The molecule has 0 radical (unpaired) electrons. The highest BCUT2D eigenvalue weighted by molar-refractivity contribution is 5.95. The molecule has 1 atom stereocenters. The summed E-state index contributed by atoms with van der Waals surface area (Å²) < 4.78 is 13.4. The van der Waals surface area contributed by atoms with E-state index in [1.165, 1.54) is 18.3 Å². The summed E-state index contributed by atoms with van der Waals surface area (Å²) in [6, 6.07) is 13.7. The molecule has 1 aliphatic heterocycles. The van der Waals surface area contributed by atoms with Gasteiger partial charge in [-0.1, -0.05) is 24.3 Å². The summed E-state index contributed by atoms with van der Waals surface area (Å²) in [5.74, 6) is -0.905. The summed E-state index contributed by atoms with van der Waals surface area (Å²) >= 11 is 0. The first-order valence-corrected chi connectivity index (χ1v) is 10.2. The smallest absolute Gasteiger partial charge is 0.274 e. The number of hydrogen-bond donors (Lipinski definition) is 1. The quantitative estimate of drug-likeness (QED) is 0.693. The Hall–Kier alpha value is -3.61. The highest BCUT2D eigenvalue weighted by Crippen LogP contribution is 2.24. The number of aromatic nitrogens is 2. The van der Waals surface area contributed by atoms with Crippen molar-refractivity contribution in [3.8, 4) is 11.1 Å². The van der Waals surface area contributed by atoms with Crippen LogP contribution in [0.4, 0.5) is 10.1 Å². The summed E-state index contributed by atoms with van der Waals surface area (Å²) in [5.41, 5.74) is 3.35. The molecule has 0 bridgehead atoms. The Kier molecular flexibility index (Phi) is 6.02. The van der Waals surface area contributed by atoms with Crippen molar-refractivity contribution in [1.82, 2.24) is 14.9 Å². The molecule has 7 heteroatoms. The van der Waals surface area contributed by atoms with Crippen LogP contribution in [0.2, 0.25) is 0 Å². The average Bonchev–Trinajstić information content (AvgIpc) is 2.80. The largest absolute Gasteiger partial charge is 0.336 e. The highest BCUT2D eigenvalue weighted by Gasteiger charge is 2.29.